The van der Waals surface area contributed by atoms with Crippen LogP contribution in [0.25, 0.3) is 0 Å². The van der Waals surface area contributed by atoms with Crippen LogP contribution in [0.1, 0.15) is 20.7 Å². The van der Waals surface area contributed by atoms with Gasteiger partial charge in [-0.15, -0.1) is 0 Å². The number of carbonyl (C=O) groups excluding carboxylic acids is 1. The summed E-state index contributed by atoms with van der Waals surface area (Å²) in [6.07, 6.45) is 3.02. The summed E-state index contributed by atoms with van der Waals surface area (Å²) in [4.78, 5) is 26.6. The second-order valence-electron chi connectivity index (χ2n) is 3.72. The Hall–Kier alpha value is -2.21. The first-order valence-electron chi connectivity index (χ1n) is 5.31. The molecule has 0 aliphatic carbocycles. The van der Waals surface area contributed by atoms with E-state index in [1.807, 2.05) is 0 Å². The van der Waals surface area contributed by atoms with Gasteiger partial charge < -0.3 is 10.4 Å². The SMILES string of the molecule is O=C(O)c1cc(Br)cc(NC(=O)c2ccncc2)c1. The van der Waals surface area contributed by atoms with Crippen molar-refractivity contribution in [3.63, 3.8) is 0 Å². The van der Waals surface area contributed by atoms with E-state index in [1.54, 1.807) is 18.2 Å². The van der Waals surface area contributed by atoms with Gasteiger partial charge in [0.2, 0.25) is 0 Å². The largest absolute Gasteiger partial charge is 0.478 e. The zero-order chi connectivity index (χ0) is 13.8. The third kappa shape index (κ3) is 3.38. The van der Waals surface area contributed by atoms with E-state index in [1.165, 1.54) is 24.5 Å². The van der Waals surface area contributed by atoms with Crippen molar-refractivity contribution in [2.45, 2.75) is 0 Å². The summed E-state index contributed by atoms with van der Waals surface area (Å²) >= 11 is 3.20. The average molecular weight is 321 g/mol. The number of aromatic carboxylic acids is 1. The van der Waals surface area contributed by atoms with Crippen LogP contribution in [0.15, 0.2) is 47.2 Å². The molecule has 0 radical (unpaired) electrons. The summed E-state index contributed by atoms with van der Waals surface area (Å²) < 4.78 is 0.581. The number of hydrogen-bond donors (Lipinski definition) is 2. The van der Waals surface area contributed by atoms with Crippen LogP contribution in [0.5, 0.6) is 0 Å². The molecular formula is C13H9BrN2O3. The number of nitrogens with zero attached hydrogens (tertiary/aromatic N) is 1. The van der Waals surface area contributed by atoms with E-state index in [2.05, 4.69) is 26.2 Å². The molecule has 2 aromatic rings. The molecule has 0 aliphatic rings. The molecule has 0 saturated carbocycles. The average Bonchev–Trinajstić information content (AvgIpc) is 2.39. The molecule has 19 heavy (non-hydrogen) atoms. The third-order valence-electron chi connectivity index (χ3n) is 2.35. The topological polar surface area (TPSA) is 79.3 Å². The van der Waals surface area contributed by atoms with Crippen LogP contribution in [0.4, 0.5) is 5.69 Å². The maximum atomic E-state index is 11.9. The van der Waals surface area contributed by atoms with E-state index in [9.17, 15) is 9.59 Å². The highest BCUT2D eigenvalue weighted by Crippen LogP contribution is 2.20. The molecule has 0 spiro atoms. The van der Waals surface area contributed by atoms with Gasteiger partial charge in [0.15, 0.2) is 0 Å². The lowest BCUT2D eigenvalue weighted by molar-refractivity contribution is 0.0696. The van der Waals surface area contributed by atoms with Crippen LogP contribution in [-0.4, -0.2) is 22.0 Å². The van der Waals surface area contributed by atoms with Gasteiger partial charge in [-0.3, -0.25) is 9.78 Å². The smallest absolute Gasteiger partial charge is 0.335 e. The number of benzene rings is 1. The quantitative estimate of drug-likeness (QED) is 0.911. The van der Waals surface area contributed by atoms with Gasteiger partial charge >= 0.3 is 5.97 Å². The van der Waals surface area contributed by atoms with Gasteiger partial charge in [0.25, 0.3) is 5.91 Å². The fourth-order valence-corrected chi connectivity index (χ4v) is 1.99. The van der Waals surface area contributed by atoms with E-state index in [4.69, 9.17) is 5.11 Å². The van der Waals surface area contributed by atoms with Gasteiger partial charge in [0.1, 0.15) is 0 Å². The van der Waals surface area contributed by atoms with Gasteiger partial charge in [-0.05, 0) is 30.3 Å². The van der Waals surface area contributed by atoms with Crippen LogP contribution in [0, 0.1) is 0 Å². The monoisotopic (exact) mass is 320 g/mol. The second-order valence-corrected chi connectivity index (χ2v) is 4.64. The predicted molar refractivity (Wildman–Crippen MR) is 73.3 cm³/mol. The highest BCUT2D eigenvalue weighted by molar-refractivity contribution is 9.10. The van der Waals surface area contributed by atoms with Gasteiger partial charge in [-0.1, -0.05) is 15.9 Å². The number of nitrogens with one attached hydrogen (secondary N) is 1. The van der Waals surface area contributed by atoms with Gasteiger partial charge in [-0.2, -0.15) is 0 Å². The van der Waals surface area contributed by atoms with E-state index in [-0.39, 0.29) is 11.5 Å². The van der Waals surface area contributed by atoms with E-state index in [0.29, 0.717) is 15.7 Å². The van der Waals surface area contributed by atoms with Gasteiger partial charge in [0.05, 0.1) is 5.56 Å². The lowest BCUT2D eigenvalue weighted by atomic mass is 10.2. The summed E-state index contributed by atoms with van der Waals surface area (Å²) in [6, 6.07) is 7.64. The maximum Gasteiger partial charge on any atom is 0.335 e. The summed E-state index contributed by atoms with van der Waals surface area (Å²) in [5.41, 5.74) is 0.958. The van der Waals surface area contributed by atoms with Crippen molar-refractivity contribution in [2.24, 2.45) is 0 Å². The Morgan fingerprint density at radius 1 is 1.11 bits per heavy atom. The highest BCUT2D eigenvalue weighted by atomic mass is 79.9. The van der Waals surface area contributed by atoms with Crippen molar-refractivity contribution in [2.75, 3.05) is 5.32 Å². The highest BCUT2D eigenvalue weighted by Gasteiger charge is 2.09. The molecule has 0 unspecified atom stereocenters. The van der Waals surface area contributed by atoms with Crippen LogP contribution < -0.4 is 5.32 Å². The fourth-order valence-electron chi connectivity index (χ4n) is 1.49. The Morgan fingerprint density at radius 3 is 2.42 bits per heavy atom. The number of hydrogen-bond acceptors (Lipinski definition) is 3. The first-order valence-corrected chi connectivity index (χ1v) is 6.11. The van der Waals surface area contributed by atoms with Crippen LogP contribution in [0.2, 0.25) is 0 Å². The Morgan fingerprint density at radius 2 is 1.79 bits per heavy atom. The molecule has 0 saturated heterocycles. The molecule has 0 aliphatic heterocycles. The van der Waals surface area contributed by atoms with Crippen molar-refractivity contribution in [1.82, 2.24) is 4.98 Å². The third-order valence-corrected chi connectivity index (χ3v) is 2.80. The van der Waals surface area contributed by atoms with E-state index in [0.717, 1.165) is 0 Å². The molecule has 96 valence electrons. The number of aromatic nitrogens is 1. The van der Waals surface area contributed by atoms with Crippen molar-refractivity contribution in [1.29, 1.82) is 0 Å². The molecule has 1 aromatic heterocycles. The fraction of sp³-hybridized carbons (Fsp3) is 0. The number of anilines is 1. The van der Waals surface area contributed by atoms with Crippen LogP contribution in [-0.2, 0) is 0 Å². The van der Waals surface area contributed by atoms with Crippen LogP contribution in [0.3, 0.4) is 0 Å². The molecule has 5 nitrogen and oxygen atoms in total. The molecular weight excluding hydrogens is 312 g/mol. The standard InChI is InChI=1S/C13H9BrN2O3/c14-10-5-9(13(18)19)6-11(7-10)16-12(17)8-1-3-15-4-2-8/h1-7H,(H,16,17)(H,18,19). The Labute approximate surface area is 117 Å². The van der Waals surface area contributed by atoms with Gasteiger partial charge in [-0.25, -0.2) is 4.79 Å². The predicted octanol–water partition coefficient (Wildman–Crippen LogP) is 2.79. The number of carboxylic acids is 1. The summed E-state index contributed by atoms with van der Waals surface area (Å²) in [6.45, 7) is 0. The molecule has 2 rings (SSSR count). The summed E-state index contributed by atoms with van der Waals surface area (Å²) in [5.74, 6) is -1.38. The Bertz CT molecular complexity index is 629. The maximum absolute atomic E-state index is 11.9. The summed E-state index contributed by atoms with van der Waals surface area (Å²) in [7, 11) is 0. The molecule has 1 heterocycles. The second kappa shape index (κ2) is 5.62. The van der Waals surface area contributed by atoms with Crippen LogP contribution >= 0.6 is 15.9 Å². The molecule has 0 bridgehead atoms. The van der Waals surface area contributed by atoms with E-state index >= 15 is 0 Å². The Kier molecular flexibility index (Phi) is 3.91. The van der Waals surface area contributed by atoms with Crippen molar-refractivity contribution >= 4 is 33.5 Å². The number of carbonyl (C=O) groups is 2. The number of rotatable bonds is 3. The van der Waals surface area contributed by atoms with Gasteiger partial charge in [0, 0.05) is 28.1 Å². The zero-order valence-electron chi connectivity index (χ0n) is 9.63. The minimum atomic E-state index is -1.05. The van der Waals surface area contributed by atoms with Crippen molar-refractivity contribution in [3.05, 3.63) is 58.3 Å². The Balaban J connectivity index is 2.24. The first kappa shape index (κ1) is 13.2. The normalized spacial score (nSPS) is 9.95. The zero-order valence-corrected chi connectivity index (χ0v) is 11.2. The number of amides is 1. The number of pyridine rings is 1. The molecule has 0 atom stereocenters. The van der Waals surface area contributed by atoms with Crippen molar-refractivity contribution < 1.29 is 14.7 Å². The molecule has 1 aromatic carbocycles. The molecule has 2 N–H and O–H groups in total. The first-order chi connectivity index (χ1) is 9.06. The molecule has 1 amide bonds. The number of carboxylic acid groups (broad SMARTS) is 1. The molecule has 6 heteroatoms. The lowest BCUT2D eigenvalue weighted by Crippen LogP contribution is -2.12. The minimum absolute atomic E-state index is 0.0967. The van der Waals surface area contributed by atoms with Crippen molar-refractivity contribution in [3.8, 4) is 0 Å². The van der Waals surface area contributed by atoms with E-state index < -0.39 is 5.97 Å². The molecule has 0 fully saturated rings. The minimum Gasteiger partial charge on any atom is -0.478 e. The lowest BCUT2D eigenvalue weighted by Gasteiger charge is -2.07. The summed E-state index contributed by atoms with van der Waals surface area (Å²) in [5, 5.41) is 11.6. The number of halogens is 1.